The van der Waals surface area contributed by atoms with E-state index in [1.54, 1.807) is 13.3 Å². The second kappa shape index (κ2) is 8.28. The van der Waals surface area contributed by atoms with E-state index in [2.05, 4.69) is 27.8 Å². The monoisotopic (exact) mass is 392 g/mol. The summed E-state index contributed by atoms with van der Waals surface area (Å²) in [5.74, 6) is 1.89. The van der Waals surface area contributed by atoms with Crippen LogP contribution in [0.3, 0.4) is 0 Å². The Hall–Kier alpha value is -2.81. The molecule has 2 aliphatic rings. The number of anilines is 1. The second-order valence-electron chi connectivity index (χ2n) is 8.28. The molecule has 0 aliphatic carbocycles. The van der Waals surface area contributed by atoms with Crippen LogP contribution >= 0.6 is 0 Å². The number of pyridine rings is 1. The van der Waals surface area contributed by atoms with Gasteiger partial charge in [0.15, 0.2) is 0 Å². The number of piperidine rings is 2. The summed E-state index contributed by atoms with van der Waals surface area (Å²) < 4.78 is 5.31. The van der Waals surface area contributed by atoms with Crippen molar-refractivity contribution in [3.8, 4) is 11.8 Å². The molecule has 6 nitrogen and oxygen atoms in total. The Morgan fingerprint density at radius 3 is 2.55 bits per heavy atom. The molecule has 152 valence electrons. The number of aromatic nitrogens is 1. The van der Waals surface area contributed by atoms with Crippen molar-refractivity contribution in [1.29, 1.82) is 5.26 Å². The van der Waals surface area contributed by atoms with Gasteiger partial charge in [0.2, 0.25) is 5.91 Å². The fourth-order valence-electron chi connectivity index (χ4n) is 4.55. The van der Waals surface area contributed by atoms with Crippen LogP contribution in [0.25, 0.3) is 10.9 Å². The number of nitrogens with zero attached hydrogens (tertiary/aromatic N) is 4. The van der Waals surface area contributed by atoms with Gasteiger partial charge >= 0.3 is 0 Å². The molecule has 2 aromatic rings. The minimum atomic E-state index is 0.0957. The fraction of sp³-hybridized carbons (Fsp3) is 0.522. The van der Waals surface area contributed by atoms with Gasteiger partial charge in [-0.25, -0.2) is 0 Å². The normalized spacial score (nSPS) is 18.7. The van der Waals surface area contributed by atoms with Gasteiger partial charge in [0.1, 0.15) is 11.8 Å². The molecule has 4 rings (SSSR count). The molecule has 0 atom stereocenters. The molecule has 2 fully saturated rings. The summed E-state index contributed by atoms with van der Waals surface area (Å²) in [7, 11) is 1.64. The average Bonchev–Trinajstić information content (AvgIpc) is 2.78. The van der Waals surface area contributed by atoms with Gasteiger partial charge in [-0.2, -0.15) is 5.26 Å². The zero-order chi connectivity index (χ0) is 20.4. The van der Waals surface area contributed by atoms with Gasteiger partial charge in [0.25, 0.3) is 0 Å². The second-order valence-corrected chi connectivity index (χ2v) is 8.28. The topological polar surface area (TPSA) is 69.5 Å². The SMILES string of the molecule is COc1ccc2c(N3CCC(C(=O)N4CCC(C)CC4)CC3)c(C#N)cnc2c1. The maximum Gasteiger partial charge on any atom is 0.225 e. The van der Waals surface area contributed by atoms with Crippen molar-refractivity contribution >= 4 is 22.5 Å². The van der Waals surface area contributed by atoms with Gasteiger partial charge in [-0.15, -0.1) is 0 Å². The highest BCUT2D eigenvalue weighted by Crippen LogP contribution is 2.34. The van der Waals surface area contributed by atoms with E-state index in [0.29, 0.717) is 11.5 Å². The molecule has 2 saturated heterocycles. The predicted octanol–water partition coefficient (Wildman–Crippen LogP) is 3.59. The molecule has 1 aromatic carbocycles. The molecule has 1 aromatic heterocycles. The number of rotatable bonds is 3. The number of fused-ring (bicyclic) bond motifs is 1. The Labute approximate surface area is 172 Å². The summed E-state index contributed by atoms with van der Waals surface area (Å²) >= 11 is 0. The van der Waals surface area contributed by atoms with Crippen molar-refractivity contribution < 1.29 is 9.53 Å². The number of amides is 1. The fourth-order valence-corrected chi connectivity index (χ4v) is 4.55. The molecule has 29 heavy (non-hydrogen) atoms. The van der Waals surface area contributed by atoms with Crippen molar-refractivity contribution in [2.75, 3.05) is 38.2 Å². The van der Waals surface area contributed by atoms with Gasteiger partial charge < -0.3 is 14.5 Å². The minimum Gasteiger partial charge on any atom is -0.497 e. The standard InChI is InChI=1S/C23H28N4O2/c1-16-5-9-27(10-6-16)23(28)17-7-11-26(12-8-17)22-18(14-24)15-25-21-13-19(29-2)3-4-20(21)22/h3-4,13,15-17H,5-12H2,1-2H3. The number of methoxy groups -OCH3 is 1. The lowest BCUT2D eigenvalue weighted by molar-refractivity contribution is -0.137. The van der Waals surface area contributed by atoms with Crippen LogP contribution < -0.4 is 9.64 Å². The van der Waals surface area contributed by atoms with Crippen LogP contribution in [-0.4, -0.2) is 49.1 Å². The highest BCUT2D eigenvalue weighted by molar-refractivity contribution is 5.95. The van der Waals surface area contributed by atoms with E-state index in [0.717, 1.165) is 80.1 Å². The van der Waals surface area contributed by atoms with Gasteiger partial charge in [-0.3, -0.25) is 9.78 Å². The Balaban J connectivity index is 1.51. The first-order valence-electron chi connectivity index (χ1n) is 10.5. The molecule has 6 heteroatoms. The third-order valence-electron chi connectivity index (χ3n) is 6.42. The maximum atomic E-state index is 12.9. The number of benzene rings is 1. The molecule has 0 bridgehead atoms. The predicted molar refractivity (Wildman–Crippen MR) is 113 cm³/mol. The number of likely N-dealkylation sites (tertiary alicyclic amines) is 1. The van der Waals surface area contributed by atoms with E-state index in [4.69, 9.17) is 4.74 Å². The van der Waals surface area contributed by atoms with E-state index < -0.39 is 0 Å². The number of carbonyl (C=O) groups excluding carboxylic acids is 1. The third-order valence-corrected chi connectivity index (χ3v) is 6.42. The number of nitriles is 1. The van der Waals surface area contributed by atoms with Gasteiger partial charge in [-0.1, -0.05) is 6.92 Å². The average molecular weight is 393 g/mol. The number of carbonyl (C=O) groups is 1. The van der Waals surface area contributed by atoms with Crippen LogP contribution in [0.15, 0.2) is 24.4 Å². The summed E-state index contributed by atoms with van der Waals surface area (Å²) in [5, 5.41) is 10.6. The van der Waals surface area contributed by atoms with Gasteiger partial charge in [-0.05, 0) is 43.7 Å². The molecule has 0 N–H and O–H groups in total. The smallest absolute Gasteiger partial charge is 0.225 e. The van der Waals surface area contributed by atoms with Crippen molar-refractivity contribution in [3.05, 3.63) is 30.0 Å². The molecule has 0 saturated carbocycles. The van der Waals surface area contributed by atoms with E-state index in [1.165, 1.54) is 0 Å². The number of hydrogen-bond donors (Lipinski definition) is 0. The maximum absolute atomic E-state index is 12.9. The zero-order valence-corrected chi connectivity index (χ0v) is 17.2. The molecule has 0 unspecified atom stereocenters. The summed E-state index contributed by atoms with van der Waals surface area (Å²) in [4.78, 5) is 21.7. The molecular weight excluding hydrogens is 364 g/mol. The van der Waals surface area contributed by atoms with Crippen molar-refractivity contribution in [2.24, 2.45) is 11.8 Å². The highest BCUT2D eigenvalue weighted by atomic mass is 16.5. The van der Waals surface area contributed by atoms with Crippen LogP contribution in [-0.2, 0) is 4.79 Å². The Morgan fingerprint density at radius 1 is 1.17 bits per heavy atom. The Morgan fingerprint density at radius 2 is 1.90 bits per heavy atom. The van der Waals surface area contributed by atoms with Crippen molar-refractivity contribution in [1.82, 2.24) is 9.88 Å². The summed E-state index contributed by atoms with van der Waals surface area (Å²) in [6, 6.07) is 8.07. The summed E-state index contributed by atoms with van der Waals surface area (Å²) in [5.41, 5.74) is 2.33. The van der Waals surface area contributed by atoms with Crippen LogP contribution in [0.5, 0.6) is 5.75 Å². The lowest BCUT2D eigenvalue weighted by atomic mass is 9.92. The first-order valence-corrected chi connectivity index (χ1v) is 10.5. The molecule has 1 amide bonds. The highest BCUT2D eigenvalue weighted by Gasteiger charge is 2.31. The van der Waals surface area contributed by atoms with E-state index >= 15 is 0 Å². The van der Waals surface area contributed by atoms with Crippen LogP contribution in [0.4, 0.5) is 5.69 Å². The quantitative estimate of drug-likeness (QED) is 0.798. The number of hydrogen-bond acceptors (Lipinski definition) is 5. The van der Waals surface area contributed by atoms with Gasteiger partial charge in [0, 0.05) is 49.7 Å². The first-order chi connectivity index (χ1) is 14.1. The lowest BCUT2D eigenvalue weighted by Crippen LogP contribution is -2.45. The van der Waals surface area contributed by atoms with Crippen LogP contribution in [0.1, 0.15) is 38.2 Å². The van der Waals surface area contributed by atoms with E-state index in [-0.39, 0.29) is 5.92 Å². The third kappa shape index (κ3) is 3.87. The lowest BCUT2D eigenvalue weighted by Gasteiger charge is -2.38. The summed E-state index contributed by atoms with van der Waals surface area (Å²) in [6.45, 7) is 5.62. The van der Waals surface area contributed by atoms with Crippen molar-refractivity contribution in [2.45, 2.75) is 32.6 Å². The minimum absolute atomic E-state index is 0.0957. The van der Waals surface area contributed by atoms with Gasteiger partial charge in [0.05, 0.1) is 23.9 Å². The Kier molecular flexibility index (Phi) is 5.57. The zero-order valence-electron chi connectivity index (χ0n) is 17.2. The van der Waals surface area contributed by atoms with E-state index in [9.17, 15) is 10.1 Å². The van der Waals surface area contributed by atoms with E-state index in [1.807, 2.05) is 18.2 Å². The first kappa shape index (κ1) is 19.5. The molecule has 0 radical (unpaired) electrons. The van der Waals surface area contributed by atoms with Crippen LogP contribution in [0.2, 0.25) is 0 Å². The molecular formula is C23H28N4O2. The molecule has 3 heterocycles. The molecule has 2 aliphatic heterocycles. The van der Waals surface area contributed by atoms with Crippen LogP contribution in [0, 0.1) is 23.2 Å². The Bertz CT molecular complexity index is 936. The number of ether oxygens (including phenoxy) is 1. The summed E-state index contributed by atoms with van der Waals surface area (Å²) in [6.07, 6.45) is 5.53. The van der Waals surface area contributed by atoms with Crippen molar-refractivity contribution in [3.63, 3.8) is 0 Å². The molecule has 0 spiro atoms. The largest absolute Gasteiger partial charge is 0.497 e.